The molecular weight excluding hydrogens is 522 g/mol. The summed E-state index contributed by atoms with van der Waals surface area (Å²) in [4.78, 5) is 36.5. The second-order valence-corrected chi connectivity index (χ2v) is 11.5. The summed E-state index contributed by atoms with van der Waals surface area (Å²) < 4.78 is 0. The van der Waals surface area contributed by atoms with Gasteiger partial charge < -0.3 is 15.5 Å². The number of hydrogen-bond acceptors (Lipinski definition) is 5. The fraction of sp³-hybridized carbons (Fsp3) is 0.545. The van der Waals surface area contributed by atoms with E-state index in [0.29, 0.717) is 38.0 Å². The van der Waals surface area contributed by atoms with Crippen LogP contribution < -0.4 is 5.32 Å². The quantitative estimate of drug-likeness (QED) is 0.108. The topological polar surface area (TPSA) is 104 Å². The molecule has 6 nitrogen and oxygen atoms in total. The molecular formula is C33H47NO5S. The zero-order chi connectivity index (χ0) is 29.2. The van der Waals surface area contributed by atoms with Crippen LogP contribution in [0.25, 0.3) is 11.1 Å². The number of carboxylic acid groups (broad SMARTS) is 1. The largest absolute Gasteiger partial charge is 0.479 e. The first-order valence-electron chi connectivity index (χ1n) is 14.8. The molecule has 220 valence electrons. The van der Waals surface area contributed by atoms with Crippen LogP contribution in [0.1, 0.15) is 96.5 Å². The molecule has 0 aliphatic rings. The number of unbranched alkanes of at least 4 members (excludes halogenated alkanes) is 8. The van der Waals surface area contributed by atoms with Crippen molar-refractivity contribution in [1.29, 1.82) is 0 Å². The van der Waals surface area contributed by atoms with Gasteiger partial charge in [-0.05, 0) is 72.5 Å². The van der Waals surface area contributed by atoms with Gasteiger partial charge in [0, 0.05) is 19.4 Å². The van der Waals surface area contributed by atoms with E-state index in [1.807, 2.05) is 29.6 Å². The number of carboxylic acids is 1. The Kier molecular flexibility index (Phi) is 15.5. The van der Waals surface area contributed by atoms with Crippen molar-refractivity contribution in [2.45, 2.75) is 103 Å². The van der Waals surface area contributed by atoms with Crippen molar-refractivity contribution in [2.75, 3.05) is 6.54 Å². The number of rotatable bonds is 21. The average molecular weight is 570 g/mol. The SMILES string of the molecule is CCCCCCCC(=O)CCCCCCC=C[C@H](C(=O)NCCc1ccc(-c2ccsc2)cc1)[C@](C)(O)C(=O)O. The predicted molar refractivity (Wildman–Crippen MR) is 163 cm³/mol. The van der Waals surface area contributed by atoms with Crippen molar-refractivity contribution in [3.05, 3.63) is 58.8 Å². The Morgan fingerprint density at radius 2 is 1.57 bits per heavy atom. The maximum absolute atomic E-state index is 12.9. The molecule has 2 aromatic rings. The van der Waals surface area contributed by atoms with Crippen molar-refractivity contribution in [3.8, 4) is 11.1 Å². The van der Waals surface area contributed by atoms with Gasteiger partial charge in [-0.1, -0.05) is 81.9 Å². The van der Waals surface area contributed by atoms with E-state index in [1.165, 1.54) is 30.9 Å². The average Bonchev–Trinajstić information content (AvgIpc) is 3.47. The van der Waals surface area contributed by atoms with Gasteiger partial charge in [-0.2, -0.15) is 11.3 Å². The smallest absolute Gasteiger partial charge is 0.336 e. The molecule has 0 radical (unpaired) electrons. The van der Waals surface area contributed by atoms with Crippen molar-refractivity contribution >= 4 is 29.0 Å². The first kappa shape index (κ1) is 33.4. The van der Waals surface area contributed by atoms with E-state index in [0.717, 1.165) is 56.6 Å². The van der Waals surface area contributed by atoms with Gasteiger partial charge in [-0.25, -0.2) is 4.79 Å². The normalized spacial score (nSPS) is 13.7. The van der Waals surface area contributed by atoms with Crippen LogP contribution >= 0.6 is 11.3 Å². The van der Waals surface area contributed by atoms with E-state index in [-0.39, 0.29) is 0 Å². The number of carbonyl (C=O) groups is 3. The van der Waals surface area contributed by atoms with Crippen molar-refractivity contribution in [2.24, 2.45) is 5.92 Å². The Morgan fingerprint density at radius 1 is 0.925 bits per heavy atom. The highest BCUT2D eigenvalue weighted by atomic mass is 32.1. The molecule has 40 heavy (non-hydrogen) atoms. The number of ketones is 1. The summed E-state index contributed by atoms with van der Waals surface area (Å²) in [5, 5.41) is 27.0. The molecule has 0 saturated heterocycles. The third-order valence-electron chi connectivity index (χ3n) is 7.31. The molecule has 1 amide bonds. The van der Waals surface area contributed by atoms with Gasteiger partial charge in [0.05, 0.1) is 5.92 Å². The number of benzene rings is 1. The fourth-order valence-corrected chi connectivity index (χ4v) is 5.28. The van der Waals surface area contributed by atoms with Crippen LogP contribution in [0.15, 0.2) is 53.2 Å². The number of thiophene rings is 1. The molecule has 1 aromatic heterocycles. The minimum absolute atomic E-state index is 0.341. The Morgan fingerprint density at radius 3 is 2.17 bits per heavy atom. The van der Waals surface area contributed by atoms with E-state index in [4.69, 9.17) is 0 Å². The van der Waals surface area contributed by atoms with Crippen LogP contribution in [0.5, 0.6) is 0 Å². The third kappa shape index (κ3) is 12.2. The van der Waals surface area contributed by atoms with E-state index in [1.54, 1.807) is 17.4 Å². The van der Waals surface area contributed by atoms with Crippen LogP contribution in [0.3, 0.4) is 0 Å². The second kappa shape index (κ2) is 18.6. The van der Waals surface area contributed by atoms with Gasteiger partial charge in [0.25, 0.3) is 0 Å². The first-order chi connectivity index (χ1) is 19.3. The van der Waals surface area contributed by atoms with E-state index in [9.17, 15) is 24.6 Å². The molecule has 0 saturated carbocycles. The molecule has 2 rings (SSSR count). The van der Waals surface area contributed by atoms with Crippen molar-refractivity contribution < 1.29 is 24.6 Å². The molecule has 3 N–H and O–H groups in total. The first-order valence-corrected chi connectivity index (χ1v) is 15.7. The summed E-state index contributed by atoms with van der Waals surface area (Å²) in [5.41, 5.74) is 1.16. The van der Waals surface area contributed by atoms with Gasteiger partial charge in [-0.15, -0.1) is 0 Å². The summed E-state index contributed by atoms with van der Waals surface area (Å²) >= 11 is 1.65. The lowest BCUT2D eigenvalue weighted by Gasteiger charge is -2.25. The van der Waals surface area contributed by atoms with E-state index in [2.05, 4.69) is 23.7 Å². The molecule has 0 bridgehead atoms. The van der Waals surface area contributed by atoms with Crippen LogP contribution in [0.2, 0.25) is 0 Å². The van der Waals surface area contributed by atoms with Crippen LogP contribution in [-0.4, -0.2) is 40.0 Å². The second-order valence-electron chi connectivity index (χ2n) is 10.8. The number of amides is 1. The lowest BCUT2D eigenvalue weighted by Crippen LogP contribution is -2.49. The van der Waals surface area contributed by atoms with E-state index >= 15 is 0 Å². The summed E-state index contributed by atoms with van der Waals surface area (Å²) in [7, 11) is 0. The molecule has 1 aromatic carbocycles. The molecule has 7 heteroatoms. The highest BCUT2D eigenvalue weighted by Crippen LogP contribution is 2.23. The third-order valence-corrected chi connectivity index (χ3v) is 7.99. The van der Waals surface area contributed by atoms with Gasteiger partial charge >= 0.3 is 5.97 Å². The Hall–Kier alpha value is -2.77. The Balaban J connectivity index is 1.72. The summed E-state index contributed by atoms with van der Waals surface area (Å²) in [6.45, 7) is 3.69. The Labute approximate surface area is 243 Å². The van der Waals surface area contributed by atoms with Crippen LogP contribution in [-0.2, 0) is 20.8 Å². The number of nitrogens with one attached hydrogen (secondary N) is 1. The van der Waals surface area contributed by atoms with Gasteiger partial charge in [0.2, 0.25) is 5.91 Å². The summed E-state index contributed by atoms with van der Waals surface area (Å²) in [6, 6.07) is 10.2. The molecule has 1 heterocycles. The van der Waals surface area contributed by atoms with E-state index < -0.39 is 23.4 Å². The highest BCUT2D eigenvalue weighted by molar-refractivity contribution is 7.08. The number of aliphatic carboxylic acids is 1. The molecule has 0 fully saturated rings. The fourth-order valence-electron chi connectivity index (χ4n) is 4.62. The predicted octanol–water partition coefficient (Wildman–Crippen LogP) is 7.35. The zero-order valence-corrected chi connectivity index (χ0v) is 25.0. The number of Topliss-reactive ketones (excluding diaryl/α,β-unsaturated/α-hetero) is 1. The molecule has 0 spiro atoms. The van der Waals surface area contributed by atoms with Gasteiger partial charge in [-0.3, -0.25) is 9.59 Å². The monoisotopic (exact) mass is 569 g/mol. The molecule has 0 unspecified atom stereocenters. The highest BCUT2D eigenvalue weighted by Gasteiger charge is 2.42. The van der Waals surface area contributed by atoms with Crippen molar-refractivity contribution in [1.82, 2.24) is 5.32 Å². The standard InChI is InChI=1S/C33H47NO5S/c1-3-4-5-8-11-14-29(35)15-12-9-6-7-10-13-16-30(33(2,39)32(37)38)31(36)34-23-21-26-17-19-27(20-18-26)28-22-24-40-25-28/h13,16-20,22,24-25,30,39H,3-12,14-15,21,23H2,1-2H3,(H,34,36)(H,37,38)/t30-,33+/m1/s1. The van der Waals surface area contributed by atoms with Crippen molar-refractivity contribution in [3.63, 3.8) is 0 Å². The lowest BCUT2D eigenvalue weighted by atomic mass is 9.87. The molecule has 0 aliphatic carbocycles. The minimum Gasteiger partial charge on any atom is -0.479 e. The lowest BCUT2D eigenvalue weighted by molar-refractivity contribution is -0.163. The van der Waals surface area contributed by atoms with Gasteiger partial charge in [0.1, 0.15) is 5.78 Å². The molecule has 0 aliphatic heterocycles. The van der Waals surface area contributed by atoms with Crippen LogP contribution in [0.4, 0.5) is 0 Å². The maximum Gasteiger partial charge on any atom is 0.336 e. The number of aliphatic hydroxyl groups is 1. The Bertz CT molecular complexity index is 1040. The number of hydrogen-bond donors (Lipinski definition) is 3. The number of carbonyl (C=O) groups excluding carboxylic acids is 2. The van der Waals surface area contributed by atoms with Gasteiger partial charge in [0.15, 0.2) is 5.60 Å². The zero-order valence-electron chi connectivity index (χ0n) is 24.2. The minimum atomic E-state index is -2.21. The van der Waals surface area contributed by atoms with Crippen LogP contribution in [0, 0.1) is 5.92 Å². The summed E-state index contributed by atoms with van der Waals surface area (Å²) in [5.74, 6) is -2.78. The maximum atomic E-state index is 12.9. The number of allylic oxidation sites excluding steroid dienone is 1. The summed E-state index contributed by atoms with van der Waals surface area (Å²) in [6.07, 6.45) is 15.4. The molecule has 2 atom stereocenters.